The molecule has 0 unspecified atom stereocenters. The van der Waals surface area contributed by atoms with Crippen molar-refractivity contribution in [3.8, 4) is 5.75 Å². The van der Waals surface area contributed by atoms with E-state index >= 15 is 0 Å². The zero-order chi connectivity index (χ0) is 21.6. The van der Waals surface area contributed by atoms with Crippen molar-refractivity contribution >= 4 is 12.5 Å². The first kappa shape index (κ1) is 24.0. The first-order chi connectivity index (χ1) is 13.9. The molecule has 0 bridgehead atoms. The van der Waals surface area contributed by atoms with Gasteiger partial charge < -0.3 is 25.3 Å². The molecule has 3 N–H and O–H groups in total. The van der Waals surface area contributed by atoms with Gasteiger partial charge >= 0.3 is 6.03 Å². The number of amides is 2. The highest BCUT2D eigenvalue weighted by Gasteiger charge is 2.18. The fraction of sp³-hybridized carbons (Fsp3) is 0.364. The zero-order valence-electron chi connectivity index (χ0n) is 17.3. The lowest BCUT2D eigenvalue weighted by molar-refractivity contribution is -0.122. The fourth-order valence-corrected chi connectivity index (χ4v) is 2.81. The molecule has 0 saturated carbocycles. The van der Waals surface area contributed by atoms with Crippen LogP contribution in [-0.2, 0) is 17.6 Å². The van der Waals surface area contributed by atoms with Crippen molar-refractivity contribution in [2.24, 2.45) is 0 Å². The van der Waals surface area contributed by atoms with Crippen LogP contribution in [0.5, 0.6) is 5.75 Å². The topological polar surface area (TPSA) is 93.1 Å². The summed E-state index contributed by atoms with van der Waals surface area (Å²) in [4.78, 5) is 24.6. The summed E-state index contributed by atoms with van der Waals surface area (Å²) >= 11 is 0. The van der Waals surface area contributed by atoms with Crippen molar-refractivity contribution in [1.29, 1.82) is 0 Å². The van der Waals surface area contributed by atoms with E-state index in [2.05, 4.69) is 22.3 Å². The maximum atomic E-state index is 12.4. The Morgan fingerprint density at radius 3 is 2.17 bits per heavy atom. The molecule has 0 radical (unpaired) electrons. The molecule has 7 heteroatoms. The third kappa shape index (κ3) is 9.62. The molecule has 2 rings (SSSR count). The Kier molecular flexibility index (Phi) is 10.9. The minimum Gasteiger partial charge on any atom is -0.508 e. The number of phenols is 1. The van der Waals surface area contributed by atoms with Crippen LogP contribution in [0.2, 0.25) is 0 Å². The predicted octanol–water partition coefficient (Wildman–Crippen LogP) is 2.45. The van der Waals surface area contributed by atoms with Crippen LogP contribution in [0.1, 0.15) is 11.1 Å². The molecule has 29 heavy (non-hydrogen) atoms. The molecule has 2 amide bonds. The SMILES string of the molecule is CN(C[C@H](Cc1ccc(O)cc1)N(C)C)C(=O)NCCc1ccccc1.O=CO. The number of aromatic hydroxyl groups is 1. The number of rotatable bonds is 8. The van der Waals surface area contributed by atoms with E-state index in [1.165, 1.54) is 5.56 Å². The van der Waals surface area contributed by atoms with Gasteiger partial charge in [-0.3, -0.25) is 4.79 Å². The van der Waals surface area contributed by atoms with E-state index in [1.54, 1.807) is 17.0 Å². The summed E-state index contributed by atoms with van der Waals surface area (Å²) in [6, 6.07) is 17.5. The van der Waals surface area contributed by atoms with E-state index in [0.717, 1.165) is 18.4 Å². The number of hydrogen-bond donors (Lipinski definition) is 3. The van der Waals surface area contributed by atoms with E-state index in [9.17, 15) is 9.90 Å². The smallest absolute Gasteiger partial charge is 0.317 e. The summed E-state index contributed by atoms with van der Waals surface area (Å²) in [5.41, 5.74) is 2.35. The molecule has 2 aromatic rings. The van der Waals surface area contributed by atoms with Gasteiger partial charge in [-0.1, -0.05) is 42.5 Å². The predicted molar refractivity (Wildman–Crippen MR) is 114 cm³/mol. The van der Waals surface area contributed by atoms with E-state index in [1.807, 2.05) is 51.5 Å². The number of nitrogens with zero attached hydrogens (tertiary/aromatic N) is 2. The second-order valence-electron chi connectivity index (χ2n) is 6.94. The van der Waals surface area contributed by atoms with Gasteiger partial charge in [-0.15, -0.1) is 0 Å². The average Bonchev–Trinajstić information content (AvgIpc) is 2.70. The van der Waals surface area contributed by atoms with Gasteiger partial charge in [0.15, 0.2) is 0 Å². The standard InChI is InChI=1S/C21H29N3O2.CH2O2/c1-23(2)19(15-18-9-11-20(25)12-10-18)16-24(3)21(26)22-14-13-17-7-5-4-6-8-17;2-1-3/h4-12,19,25H,13-16H2,1-3H3,(H,22,26);1H,(H,2,3)/t19-;/m0./s1. The number of likely N-dealkylation sites (N-methyl/N-ethyl adjacent to an activating group) is 2. The number of carbonyl (C=O) groups excluding carboxylic acids is 1. The summed E-state index contributed by atoms with van der Waals surface area (Å²) in [7, 11) is 5.86. The van der Waals surface area contributed by atoms with Crippen molar-refractivity contribution in [3.63, 3.8) is 0 Å². The summed E-state index contributed by atoms with van der Waals surface area (Å²) in [6.07, 6.45) is 1.64. The first-order valence-corrected chi connectivity index (χ1v) is 9.42. The molecule has 7 nitrogen and oxygen atoms in total. The fourth-order valence-electron chi connectivity index (χ4n) is 2.81. The number of phenolic OH excluding ortho intramolecular Hbond substituents is 1. The number of urea groups is 1. The van der Waals surface area contributed by atoms with Crippen LogP contribution in [-0.4, -0.2) is 72.8 Å². The van der Waals surface area contributed by atoms with Crippen LogP contribution in [0, 0.1) is 0 Å². The van der Waals surface area contributed by atoms with E-state index in [-0.39, 0.29) is 24.3 Å². The number of carboxylic acid groups (broad SMARTS) is 1. The Hall–Kier alpha value is -3.06. The van der Waals surface area contributed by atoms with E-state index in [0.29, 0.717) is 13.1 Å². The van der Waals surface area contributed by atoms with Gasteiger partial charge in [0.25, 0.3) is 6.47 Å². The molecule has 0 aromatic heterocycles. The molecule has 158 valence electrons. The van der Waals surface area contributed by atoms with Gasteiger partial charge in [0, 0.05) is 26.2 Å². The van der Waals surface area contributed by atoms with Crippen molar-refractivity contribution < 1.29 is 19.8 Å². The van der Waals surface area contributed by atoms with Crippen LogP contribution in [0.3, 0.4) is 0 Å². The molecule has 0 fully saturated rings. The van der Waals surface area contributed by atoms with Crippen LogP contribution in [0.4, 0.5) is 4.79 Å². The molecule has 0 aliphatic carbocycles. The lowest BCUT2D eigenvalue weighted by Gasteiger charge is -2.29. The Labute approximate surface area is 172 Å². The number of hydrogen-bond acceptors (Lipinski definition) is 4. The van der Waals surface area contributed by atoms with Crippen molar-refractivity contribution in [2.45, 2.75) is 18.9 Å². The van der Waals surface area contributed by atoms with E-state index < -0.39 is 0 Å². The third-order valence-electron chi connectivity index (χ3n) is 4.50. The molecular formula is C22H31N3O4. The zero-order valence-corrected chi connectivity index (χ0v) is 17.3. The van der Waals surface area contributed by atoms with E-state index in [4.69, 9.17) is 9.90 Å². The molecule has 1 atom stereocenters. The van der Waals surface area contributed by atoms with Gasteiger partial charge in [-0.25, -0.2) is 4.79 Å². The molecule has 0 saturated heterocycles. The van der Waals surface area contributed by atoms with Gasteiger partial charge in [-0.2, -0.15) is 0 Å². The summed E-state index contributed by atoms with van der Waals surface area (Å²) in [5.74, 6) is 0.269. The van der Waals surface area contributed by atoms with Crippen molar-refractivity contribution in [3.05, 3.63) is 65.7 Å². The largest absolute Gasteiger partial charge is 0.508 e. The van der Waals surface area contributed by atoms with Crippen molar-refractivity contribution in [1.82, 2.24) is 15.1 Å². The molecule has 0 aliphatic heterocycles. The highest BCUT2D eigenvalue weighted by Crippen LogP contribution is 2.13. The molecule has 0 heterocycles. The van der Waals surface area contributed by atoms with Gasteiger partial charge in [0.2, 0.25) is 0 Å². The summed E-state index contributed by atoms with van der Waals surface area (Å²) in [5, 5.41) is 19.3. The lowest BCUT2D eigenvalue weighted by atomic mass is 10.0. The second kappa shape index (κ2) is 13.2. The molecular weight excluding hydrogens is 370 g/mol. The molecule has 2 aromatic carbocycles. The van der Waals surface area contributed by atoms with Crippen LogP contribution in [0.25, 0.3) is 0 Å². The van der Waals surface area contributed by atoms with Crippen LogP contribution < -0.4 is 5.32 Å². The van der Waals surface area contributed by atoms with Crippen molar-refractivity contribution in [2.75, 3.05) is 34.2 Å². The van der Waals surface area contributed by atoms with Gasteiger partial charge in [0.1, 0.15) is 5.75 Å². The highest BCUT2D eigenvalue weighted by atomic mass is 16.3. The maximum absolute atomic E-state index is 12.4. The second-order valence-corrected chi connectivity index (χ2v) is 6.94. The first-order valence-electron chi connectivity index (χ1n) is 9.42. The third-order valence-corrected chi connectivity index (χ3v) is 4.50. The number of nitrogens with one attached hydrogen (secondary N) is 1. The quantitative estimate of drug-likeness (QED) is 0.591. The van der Waals surface area contributed by atoms with Crippen LogP contribution >= 0.6 is 0 Å². The summed E-state index contributed by atoms with van der Waals surface area (Å²) < 4.78 is 0. The Morgan fingerprint density at radius 2 is 1.62 bits per heavy atom. The molecule has 0 spiro atoms. The summed E-state index contributed by atoms with van der Waals surface area (Å²) in [6.45, 7) is 1.00. The normalized spacial score (nSPS) is 11.2. The van der Waals surface area contributed by atoms with Gasteiger partial charge in [-0.05, 0) is 50.2 Å². The Bertz CT molecular complexity index is 721. The number of carbonyl (C=O) groups is 2. The minimum absolute atomic E-state index is 0.0570. The number of benzene rings is 2. The van der Waals surface area contributed by atoms with Crippen LogP contribution in [0.15, 0.2) is 54.6 Å². The maximum Gasteiger partial charge on any atom is 0.317 e. The average molecular weight is 402 g/mol. The molecule has 0 aliphatic rings. The Balaban J connectivity index is 0.00000132. The lowest BCUT2D eigenvalue weighted by Crippen LogP contribution is -2.46. The monoisotopic (exact) mass is 401 g/mol. The highest BCUT2D eigenvalue weighted by molar-refractivity contribution is 5.73. The Morgan fingerprint density at radius 1 is 1.03 bits per heavy atom. The minimum atomic E-state index is -0.250. The van der Waals surface area contributed by atoms with Gasteiger partial charge in [0.05, 0.1) is 0 Å².